The van der Waals surface area contributed by atoms with Gasteiger partial charge in [-0.1, -0.05) is 49.4 Å². The Morgan fingerprint density at radius 1 is 1.12 bits per heavy atom. The van der Waals surface area contributed by atoms with Gasteiger partial charge in [-0.05, 0) is 41.1 Å². The normalized spacial score (nSPS) is 22.9. The lowest BCUT2D eigenvalue weighted by atomic mass is 10.0. The van der Waals surface area contributed by atoms with Crippen LogP contribution in [0.5, 0.6) is 0 Å². The van der Waals surface area contributed by atoms with Gasteiger partial charge in [-0.25, -0.2) is 0 Å². The van der Waals surface area contributed by atoms with Crippen LogP contribution in [0.3, 0.4) is 0 Å². The van der Waals surface area contributed by atoms with E-state index < -0.39 is 0 Å². The monoisotopic (exact) mass is 225 g/mol. The van der Waals surface area contributed by atoms with Crippen molar-refractivity contribution in [3.63, 3.8) is 0 Å². The lowest BCUT2D eigenvalue weighted by Crippen LogP contribution is -2.16. The minimum atomic E-state index is 0.921. The molecular formula is C16H19N. The van der Waals surface area contributed by atoms with Crippen LogP contribution >= 0.6 is 0 Å². The van der Waals surface area contributed by atoms with Gasteiger partial charge in [-0.2, -0.15) is 0 Å². The van der Waals surface area contributed by atoms with E-state index in [9.17, 15) is 0 Å². The molecule has 0 aromatic heterocycles. The number of fused-ring (bicyclic) bond motifs is 1. The molecule has 88 valence electrons. The highest BCUT2D eigenvalue weighted by Crippen LogP contribution is 2.36. The Morgan fingerprint density at radius 3 is 2.71 bits per heavy atom. The van der Waals surface area contributed by atoms with Crippen molar-refractivity contribution < 1.29 is 0 Å². The highest BCUT2D eigenvalue weighted by molar-refractivity contribution is 5.85. The van der Waals surface area contributed by atoms with Crippen LogP contribution < -0.4 is 5.32 Å². The van der Waals surface area contributed by atoms with Gasteiger partial charge < -0.3 is 5.32 Å². The summed E-state index contributed by atoms with van der Waals surface area (Å²) in [6.45, 7) is 4.50. The average Bonchev–Trinajstić information content (AvgIpc) is 3.06. The molecule has 1 N–H and O–H groups in total. The largest absolute Gasteiger partial charge is 0.312 e. The second-order valence-corrected chi connectivity index (χ2v) is 5.24. The molecule has 17 heavy (non-hydrogen) atoms. The van der Waals surface area contributed by atoms with Crippen molar-refractivity contribution in [1.82, 2.24) is 5.32 Å². The molecule has 2 unspecified atom stereocenters. The number of hydrogen-bond donors (Lipinski definition) is 1. The van der Waals surface area contributed by atoms with Crippen molar-refractivity contribution in [2.24, 2.45) is 11.8 Å². The standard InChI is InChI=1S/C16H19N/c1-12-9-15(12)11-17-10-14-7-4-6-13-5-2-3-8-16(13)14/h2-8,12,15,17H,9-11H2,1H3. The van der Waals surface area contributed by atoms with Gasteiger partial charge in [0.15, 0.2) is 0 Å². The zero-order valence-electron chi connectivity index (χ0n) is 10.3. The van der Waals surface area contributed by atoms with E-state index >= 15 is 0 Å². The van der Waals surface area contributed by atoms with Crippen LogP contribution in [0.1, 0.15) is 18.9 Å². The fraction of sp³-hybridized carbons (Fsp3) is 0.375. The van der Waals surface area contributed by atoms with E-state index in [0.29, 0.717) is 0 Å². The summed E-state index contributed by atoms with van der Waals surface area (Å²) in [7, 11) is 0. The summed E-state index contributed by atoms with van der Waals surface area (Å²) >= 11 is 0. The van der Waals surface area contributed by atoms with Gasteiger partial charge in [-0.15, -0.1) is 0 Å². The van der Waals surface area contributed by atoms with Gasteiger partial charge in [0.1, 0.15) is 0 Å². The van der Waals surface area contributed by atoms with Gasteiger partial charge in [0.25, 0.3) is 0 Å². The Bertz CT molecular complexity index is 512. The van der Waals surface area contributed by atoms with Gasteiger partial charge in [0, 0.05) is 6.54 Å². The van der Waals surface area contributed by atoms with E-state index in [1.807, 2.05) is 0 Å². The first-order valence-corrected chi connectivity index (χ1v) is 6.52. The summed E-state index contributed by atoms with van der Waals surface area (Å²) in [6, 6.07) is 15.2. The summed E-state index contributed by atoms with van der Waals surface area (Å²) < 4.78 is 0. The molecule has 1 fully saturated rings. The number of hydrogen-bond acceptors (Lipinski definition) is 1. The fourth-order valence-corrected chi connectivity index (χ4v) is 2.52. The van der Waals surface area contributed by atoms with Crippen LogP contribution in [0.2, 0.25) is 0 Å². The second kappa shape index (κ2) is 4.50. The maximum absolute atomic E-state index is 3.59. The molecule has 3 rings (SSSR count). The van der Waals surface area contributed by atoms with Crippen molar-refractivity contribution in [2.45, 2.75) is 19.9 Å². The van der Waals surface area contributed by atoms with Crippen molar-refractivity contribution in [2.75, 3.05) is 6.54 Å². The second-order valence-electron chi connectivity index (χ2n) is 5.24. The maximum Gasteiger partial charge on any atom is 0.0211 e. The van der Waals surface area contributed by atoms with Crippen molar-refractivity contribution >= 4 is 10.8 Å². The molecule has 1 saturated carbocycles. The molecule has 0 aliphatic heterocycles. The van der Waals surface area contributed by atoms with E-state index in [-0.39, 0.29) is 0 Å². The smallest absolute Gasteiger partial charge is 0.0211 e. The van der Waals surface area contributed by atoms with Gasteiger partial charge in [0.2, 0.25) is 0 Å². The number of benzene rings is 2. The molecule has 2 aromatic rings. The molecule has 0 spiro atoms. The molecule has 0 bridgehead atoms. The van der Waals surface area contributed by atoms with Crippen molar-refractivity contribution in [3.05, 3.63) is 48.0 Å². The highest BCUT2D eigenvalue weighted by Gasteiger charge is 2.31. The Balaban J connectivity index is 1.71. The Morgan fingerprint density at radius 2 is 1.88 bits per heavy atom. The van der Waals surface area contributed by atoms with Crippen LogP contribution in [-0.2, 0) is 6.54 Å². The zero-order valence-corrected chi connectivity index (χ0v) is 10.3. The predicted molar refractivity (Wildman–Crippen MR) is 72.9 cm³/mol. The topological polar surface area (TPSA) is 12.0 Å². The van der Waals surface area contributed by atoms with E-state index in [4.69, 9.17) is 0 Å². The molecule has 0 amide bonds. The lowest BCUT2D eigenvalue weighted by Gasteiger charge is -2.07. The van der Waals surface area contributed by atoms with Crippen LogP contribution in [-0.4, -0.2) is 6.54 Å². The lowest BCUT2D eigenvalue weighted by molar-refractivity contribution is 0.613. The molecule has 0 heterocycles. The average molecular weight is 225 g/mol. The summed E-state index contributed by atoms with van der Waals surface area (Å²) in [5, 5.41) is 6.31. The fourth-order valence-electron chi connectivity index (χ4n) is 2.52. The van der Waals surface area contributed by atoms with E-state index in [1.165, 1.54) is 29.3 Å². The van der Waals surface area contributed by atoms with Crippen LogP contribution in [0, 0.1) is 11.8 Å². The Kier molecular flexibility index (Phi) is 2.86. The first-order chi connectivity index (χ1) is 8.34. The summed E-state index contributed by atoms with van der Waals surface area (Å²) in [4.78, 5) is 0. The molecule has 2 atom stereocenters. The molecule has 1 heteroatoms. The zero-order chi connectivity index (χ0) is 11.7. The molecule has 0 saturated heterocycles. The SMILES string of the molecule is CC1CC1CNCc1cccc2ccccc12. The minimum absolute atomic E-state index is 0.921. The van der Waals surface area contributed by atoms with E-state index in [1.54, 1.807) is 0 Å². The minimum Gasteiger partial charge on any atom is -0.312 e. The molecule has 1 nitrogen and oxygen atoms in total. The molecule has 1 aliphatic rings. The van der Waals surface area contributed by atoms with Gasteiger partial charge in [-0.3, -0.25) is 0 Å². The third kappa shape index (κ3) is 2.34. The summed E-state index contributed by atoms with van der Waals surface area (Å²) in [5.41, 5.74) is 1.41. The van der Waals surface area contributed by atoms with Crippen LogP contribution in [0.25, 0.3) is 10.8 Å². The quantitative estimate of drug-likeness (QED) is 0.838. The van der Waals surface area contributed by atoms with Crippen LogP contribution in [0.4, 0.5) is 0 Å². The third-order valence-corrected chi connectivity index (χ3v) is 3.88. The van der Waals surface area contributed by atoms with Crippen molar-refractivity contribution in [3.8, 4) is 0 Å². The van der Waals surface area contributed by atoms with Gasteiger partial charge in [0.05, 0.1) is 0 Å². The summed E-state index contributed by atoms with van der Waals surface area (Å²) in [6.07, 6.45) is 1.41. The Hall–Kier alpha value is -1.34. The predicted octanol–water partition coefficient (Wildman–Crippen LogP) is 3.59. The van der Waals surface area contributed by atoms with E-state index in [0.717, 1.165) is 18.4 Å². The molecule has 0 radical (unpaired) electrons. The molecular weight excluding hydrogens is 206 g/mol. The maximum atomic E-state index is 3.59. The molecule has 1 aliphatic carbocycles. The van der Waals surface area contributed by atoms with Crippen molar-refractivity contribution in [1.29, 1.82) is 0 Å². The first kappa shape index (κ1) is 10.8. The Labute approximate surface area is 103 Å². The van der Waals surface area contributed by atoms with Crippen LogP contribution in [0.15, 0.2) is 42.5 Å². The van der Waals surface area contributed by atoms with E-state index in [2.05, 4.69) is 54.7 Å². The van der Waals surface area contributed by atoms with Gasteiger partial charge >= 0.3 is 0 Å². The number of nitrogens with one attached hydrogen (secondary N) is 1. The summed E-state index contributed by atoms with van der Waals surface area (Å²) in [5.74, 6) is 1.86. The highest BCUT2D eigenvalue weighted by atomic mass is 14.9. The number of rotatable bonds is 4. The first-order valence-electron chi connectivity index (χ1n) is 6.52. The molecule has 2 aromatic carbocycles. The third-order valence-electron chi connectivity index (χ3n) is 3.88.